The van der Waals surface area contributed by atoms with E-state index in [9.17, 15) is 19.5 Å². The number of hydrogen-bond donors (Lipinski definition) is 4. The molecule has 15 heteroatoms. The predicted molar refractivity (Wildman–Crippen MR) is 106 cm³/mol. The molecule has 29 heavy (non-hydrogen) atoms. The Morgan fingerprint density at radius 3 is 2.55 bits per heavy atom. The smallest absolute Gasteiger partial charge is 0.352 e. The van der Waals surface area contributed by atoms with Gasteiger partial charge in [-0.3, -0.25) is 14.5 Å². The monoisotopic (exact) mass is 449 g/mol. The molecule has 0 aromatic carbocycles. The number of fused-ring (bicyclic) bond motifs is 1. The van der Waals surface area contributed by atoms with Crippen molar-refractivity contribution >= 4 is 51.7 Å². The molecule has 160 valence electrons. The van der Waals surface area contributed by atoms with Crippen LogP contribution in [-0.4, -0.2) is 77.3 Å². The van der Waals surface area contributed by atoms with Crippen LogP contribution >= 0.6 is 23.1 Å². The number of nitrogen functional groups attached to an aromatic ring is 1. The van der Waals surface area contributed by atoms with Gasteiger partial charge >= 0.3 is 5.97 Å². The highest BCUT2D eigenvalue weighted by Gasteiger charge is 2.54. The molecule has 11 N–H and O–H groups in total. The van der Waals surface area contributed by atoms with Crippen LogP contribution in [0.5, 0.6) is 0 Å². The number of aromatic nitrogens is 1. The fourth-order valence-electron chi connectivity index (χ4n) is 2.62. The summed E-state index contributed by atoms with van der Waals surface area (Å²) in [4.78, 5) is 41.2. The maximum Gasteiger partial charge on any atom is 0.352 e. The number of nitrogens with two attached hydrogens (primary N) is 1. The van der Waals surface area contributed by atoms with E-state index in [1.165, 1.54) is 23.2 Å². The molecular weight excluding hydrogens is 430 g/mol. The number of nitrogens with one attached hydrogen (secondary N) is 1. The molecule has 1 aromatic rings. The topological polar surface area (TPSA) is 253 Å². The number of rotatable bonds is 5. The molecule has 0 radical (unpaired) electrons. The number of carbonyl (C=O) groups is 3. The van der Waals surface area contributed by atoms with E-state index in [1.54, 1.807) is 0 Å². The summed E-state index contributed by atoms with van der Waals surface area (Å²) in [6, 6.07) is -0.944. The second-order valence-corrected chi connectivity index (χ2v) is 7.26. The zero-order valence-electron chi connectivity index (χ0n) is 14.6. The minimum absolute atomic E-state index is 0. The van der Waals surface area contributed by atoms with Crippen LogP contribution in [0.3, 0.4) is 0 Å². The van der Waals surface area contributed by atoms with Gasteiger partial charge in [0.15, 0.2) is 10.8 Å². The first-order valence-electron chi connectivity index (χ1n) is 7.16. The zero-order chi connectivity index (χ0) is 19.0. The van der Waals surface area contributed by atoms with Crippen molar-refractivity contribution in [1.82, 2.24) is 15.2 Å². The van der Waals surface area contributed by atoms with E-state index >= 15 is 0 Å². The number of nitrogens with zero attached hydrogens (tertiary/aromatic N) is 3. The van der Waals surface area contributed by atoms with Crippen LogP contribution in [-0.2, 0) is 14.4 Å². The highest BCUT2D eigenvalue weighted by molar-refractivity contribution is 8.00. The molecule has 13 nitrogen and oxygen atoms in total. The van der Waals surface area contributed by atoms with Crippen LogP contribution in [0.15, 0.2) is 34.5 Å². The summed E-state index contributed by atoms with van der Waals surface area (Å²) < 4.78 is 0. The van der Waals surface area contributed by atoms with Crippen molar-refractivity contribution < 1.29 is 41.1 Å². The van der Waals surface area contributed by atoms with Gasteiger partial charge in [0.1, 0.15) is 22.8 Å². The molecule has 0 spiro atoms. The second kappa shape index (κ2) is 9.99. The highest BCUT2D eigenvalue weighted by Crippen LogP contribution is 2.40. The lowest BCUT2D eigenvalue weighted by Crippen LogP contribution is -2.71. The zero-order valence-corrected chi connectivity index (χ0v) is 16.2. The van der Waals surface area contributed by atoms with E-state index in [2.05, 4.69) is 22.0 Å². The average molecular weight is 449 g/mol. The van der Waals surface area contributed by atoms with Crippen molar-refractivity contribution in [1.29, 1.82) is 0 Å². The molecule has 0 aliphatic carbocycles. The van der Waals surface area contributed by atoms with Gasteiger partial charge in [0.2, 0.25) is 0 Å². The van der Waals surface area contributed by atoms with Crippen molar-refractivity contribution in [2.75, 3.05) is 11.5 Å². The Balaban J connectivity index is 0.00000261. The lowest BCUT2D eigenvalue weighted by atomic mass is 10.0. The predicted octanol–water partition coefficient (Wildman–Crippen LogP) is -2.65. The SMILES string of the molecule is C=CC1=C(C(=O)O)N2C(=O)[C@@H](NC(=O)/C(=N\O)c3csc(N)n3)[C@H]2SC1.O.O.O. The quantitative estimate of drug-likeness (QED) is 0.159. The van der Waals surface area contributed by atoms with Gasteiger partial charge in [0.25, 0.3) is 11.8 Å². The maximum absolute atomic E-state index is 12.4. The summed E-state index contributed by atoms with van der Waals surface area (Å²) in [6.07, 6.45) is 1.40. The van der Waals surface area contributed by atoms with Gasteiger partial charge in [-0.05, 0) is 5.57 Å². The third kappa shape index (κ3) is 4.38. The van der Waals surface area contributed by atoms with Crippen LogP contribution in [0.2, 0.25) is 0 Å². The Labute approximate surface area is 171 Å². The fraction of sp³-hybridized carbons (Fsp3) is 0.214. The van der Waals surface area contributed by atoms with E-state index in [1.807, 2.05) is 0 Å². The van der Waals surface area contributed by atoms with Gasteiger partial charge in [-0.25, -0.2) is 9.78 Å². The van der Waals surface area contributed by atoms with Gasteiger partial charge in [-0.2, -0.15) is 0 Å². The Morgan fingerprint density at radius 1 is 1.41 bits per heavy atom. The van der Waals surface area contributed by atoms with E-state index < -0.39 is 29.2 Å². The Bertz CT molecular complexity index is 883. The van der Waals surface area contributed by atoms with E-state index in [4.69, 9.17) is 10.9 Å². The molecule has 0 bridgehead atoms. The van der Waals surface area contributed by atoms with Crippen molar-refractivity contribution in [2.24, 2.45) is 5.16 Å². The number of β-lactam (4-membered cyclic amide) rings is 1. The summed E-state index contributed by atoms with van der Waals surface area (Å²) in [5.41, 5.74) is 5.49. The first-order valence-corrected chi connectivity index (χ1v) is 9.09. The van der Waals surface area contributed by atoms with Crippen LogP contribution in [0.4, 0.5) is 5.13 Å². The number of amides is 2. The van der Waals surface area contributed by atoms with Gasteiger partial charge in [0.05, 0.1) is 0 Å². The largest absolute Gasteiger partial charge is 0.477 e. The summed E-state index contributed by atoms with van der Waals surface area (Å²) in [5, 5.41) is 24.9. The standard InChI is InChI=1S/C14H13N5O5S2.3H2O/c1-2-5-3-25-12-8(11(21)19(12)9(5)13(22)23)17-10(20)7(18-24)6-4-26-14(15)16-6;;;/h2,4,8,12,24H,1,3H2,(H2,15,16)(H,17,20)(H,22,23);3*1H2/b18-7-;;;/t8-,12-;;;/m1.../s1. The first-order chi connectivity index (χ1) is 12.4. The molecule has 0 saturated carbocycles. The van der Waals surface area contributed by atoms with E-state index in [-0.39, 0.29) is 38.7 Å². The average Bonchev–Trinajstić information content (AvgIpc) is 3.04. The van der Waals surface area contributed by atoms with Gasteiger partial charge in [-0.15, -0.1) is 23.1 Å². The lowest BCUT2D eigenvalue weighted by molar-refractivity contribution is -0.150. The molecule has 3 rings (SSSR count). The van der Waals surface area contributed by atoms with Crippen LogP contribution in [0.25, 0.3) is 0 Å². The van der Waals surface area contributed by atoms with Crippen LogP contribution in [0, 0.1) is 0 Å². The number of thioether (sulfide) groups is 1. The van der Waals surface area contributed by atoms with Gasteiger partial charge < -0.3 is 37.8 Å². The van der Waals surface area contributed by atoms with Gasteiger partial charge in [0, 0.05) is 11.1 Å². The van der Waals surface area contributed by atoms with Crippen LogP contribution in [0.1, 0.15) is 5.69 Å². The minimum Gasteiger partial charge on any atom is -0.477 e. The third-order valence-electron chi connectivity index (χ3n) is 3.81. The molecule has 0 unspecified atom stereocenters. The summed E-state index contributed by atoms with van der Waals surface area (Å²) in [6.45, 7) is 3.56. The molecule has 1 saturated heterocycles. The molecule has 2 aliphatic rings. The van der Waals surface area contributed by atoms with Crippen molar-refractivity contribution in [3.63, 3.8) is 0 Å². The van der Waals surface area contributed by atoms with E-state index in [0.717, 1.165) is 16.2 Å². The number of carbonyl (C=O) groups excluding carboxylic acids is 2. The van der Waals surface area contributed by atoms with Gasteiger partial charge in [-0.1, -0.05) is 17.8 Å². The minimum atomic E-state index is -1.24. The molecule has 2 atom stereocenters. The molecule has 2 amide bonds. The van der Waals surface area contributed by atoms with Crippen molar-refractivity contribution in [3.05, 3.63) is 35.0 Å². The summed E-state index contributed by atoms with van der Waals surface area (Å²) in [7, 11) is 0. The number of allylic oxidation sites excluding steroid dienone is 1. The molecule has 1 fully saturated rings. The van der Waals surface area contributed by atoms with E-state index in [0.29, 0.717) is 11.3 Å². The number of anilines is 1. The maximum atomic E-state index is 12.4. The first kappa shape index (κ1) is 26.0. The molecule has 1 aromatic heterocycles. The molecular formula is C14H19N5O8S2. The summed E-state index contributed by atoms with van der Waals surface area (Å²) in [5.74, 6) is -2.27. The number of aliphatic carboxylic acids is 1. The lowest BCUT2D eigenvalue weighted by Gasteiger charge is -2.49. The fourth-order valence-corrected chi connectivity index (χ4v) is 4.51. The number of oxime groups is 1. The van der Waals surface area contributed by atoms with Crippen molar-refractivity contribution in [2.45, 2.75) is 11.4 Å². The Hall–Kier alpha value is -2.98. The number of hydrogen-bond acceptors (Lipinski definition) is 9. The van der Waals surface area contributed by atoms with Crippen LogP contribution < -0.4 is 11.1 Å². The Kier molecular flexibility index (Phi) is 8.96. The van der Waals surface area contributed by atoms with Crippen molar-refractivity contribution in [3.8, 4) is 0 Å². The molecule has 3 heterocycles. The normalized spacial score (nSPS) is 20.2. The Morgan fingerprint density at radius 2 is 2.07 bits per heavy atom. The molecule has 2 aliphatic heterocycles. The highest BCUT2D eigenvalue weighted by atomic mass is 32.2. The third-order valence-corrected chi connectivity index (χ3v) is 5.79. The second-order valence-electron chi connectivity index (χ2n) is 5.26. The number of carboxylic acid groups (broad SMARTS) is 1. The number of thiazole rings is 1. The number of carboxylic acids is 1. The summed E-state index contributed by atoms with van der Waals surface area (Å²) >= 11 is 2.37.